The van der Waals surface area contributed by atoms with Crippen molar-refractivity contribution < 1.29 is 43.1 Å². The van der Waals surface area contributed by atoms with Crippen molar-refractivity contribution in [1.29, 1.82) is 0 Å². The van der Waals surface area contributed by atoms with Gasteiger partial charge in [-0.05, 0) is 91.0 Å². The Bertz CT molecular complexity index is 1530. The van der Waals surface area contributed by atoms with Gasteiger partial charge in [0.05, 0.1) is 33.6 Å². The Morgan fingerprint density at radius 1 is 0.696 bits per heavy atom. The van der Waals surface area contributed by atoms with Gasteiger partial charge in [-0.1, -0.05) is 9.56 Å². The Morgan fingerprint density at radius 2 is 1.09 bits per heavy atom. The first-order valence-corrected chi connectivity index (χ1v) is 21.1. The molecule has 0 saturated carbocycles. The first kappa shape index (κ1) is 38.1. The van der Waals surface area contributed by atoms with Gasteiger partial charge in [-0.15, -0.1) is 10.2 Å². The van der Waals surface area contributed by atoms with E-state index >= 15 is 0 Å². The molecule has 0 heterocycles. The van der Waals surface area contributed by atoms with Gasteiger partial charge in [0.2, 0.25) is 29.4 Å². The highest BCUT2D eigenvalue weighted by Crippen LogP contribution is 2.62. The van der Waals surface area contributed by atoms with Crippen LogP contribution in [0.15, 0.2) is 83.0 Å². The molecule has 14 nitrogen and oxygen atoms in total. The van der Waals surface area contributed by atoms with Crippen molar-refractivity contribution in [3.63, 3.8) is 0 Å². The summed E-state index contributed by atoms with van der Waals surface area (Å²) in [5, 5.41) is 8.72. The average Bonchev–Trinajstić information content (AvgIpc) is 2.98. The maximum absolute atomic E-state index is 9.94. The normalized spacial score (nSPS) is 13.5. The summed E-state index contributed by atoms with van der Waals surface area (Å²) >= 11 is 10.9. The van der Waals surface area contributed by atoms with Crippen LogP contribution in [0, 0.1) is 0 Å². The molecule has 0 radical (unpaired) electrons. The molecular weight excluding hydrogens is 714 g/mol. The topological polar surface area (TPSA) is 184 Å². The summed E-state index contributed by atoms with van der Waals surface area (Å²) in [4.78, 5) is 59.0. The van der Waals surface area contributed by atoms with Crippen molar-refractivity contribution in [1.82, 2.24) is 14.5 Å². The minimum atomic E-state index is -4.51. The van der Waals surface area contributed by atoms with Crippen LogP contribution in [0.2, 0.25) is 0 Å². The highest BCUT2D eigenvalue weighted by atomic mass is 32.4. The molecule has 0 aliphatic rings. The van der Waals surface area contributed by atoms with Crippen molar-refractivity contribution in [3.05, 3.63) is 89.5 Å². The Balaban J connectivity index is 1.54. The van der Waals surface area contributed by atoms with Crippen LogP contribution in [-0.4, -0.2) is 90.8 Å². The van der Waals surface area contributed by atoms with Crippen molar-refractivity contribution in [2.75, 3.05) is 34.5 Å². The summed E-state index contributed by atoms with van der Waals surface area (Å²) in [5.74, 6) is 0.298. The fourth-order valence-electron chi connectivity index (χ4n) is 3.78. The predicted octanol–water partition coefficient (Wildman–Crippen LogP) is 4.30. The average molecular weight is 750 g/mol. The fraction of sp³-hybridized carbons (Fsp3) is 0.231. The maximum atomic E-state index is 9.94. The van der Waals surface area contributed by atoms with Gasteiger partial charge in [0, 0.05) is 5.56 Å². The van der Waals surface area contributed by atoms with Crippen molar-refractivity contribution in [2.24, 2.45) is 10.2 Å². The number of ether oxygens (including phenoxy) is 1. The molecule has 6 N–H and O–H groups in total. The van der Waals surface area contributed by atoms with Crippen molar-refractivity contribution >= 4 is 66.1 Å². The van der Waals surface area contributed by atoms with Crippen LogP contribution in [0.1, 0.15) is 22.5 Å². The molecule has 0 saturated heterocycles. The van der Waals surface area contributed by atoms with E-state index in [1.165, 1.54) is 36.1 Å². The van der Waals surface area contributed by atoms with Gasteiger partial charge in [0.1, 0.15) is 5.75 Å². The van der Waals surface area contributed by atoms with Gasteiger partial charge in [-0.25, -0.2) is 4.90 Å². The van der Waals surface area contributed by atoms with Crippen LogP contribution < -0.4 is 13.8 Å². The molecule has 0 fully saturated rings. The van der Waals surface area contributed by atoms with Gasteiger partial charge < -0.3 is 4.74 Å². The molecule has 0 bridgehead atoms. The molecular formula is C26H35N5O9P4S2+4. The van der Waals surface area contributed by atoms with Gasteiger partial charge in [-0.3, -0.25) is 9.05 Å². The van der Waals surface area contributed by atoms with E-state index in [0.717, 1.165) is 21.8 Å². The molecule has 3 aromatic rings. The second kappa shape index (κ2) is 17.1. The molecule has 0 aliphatic heterocycles. The van der Waals surface area contributed by atoms with E-state index in [0.29, 0.717) is 11.5 Å². The van der Waals surface area contributed by atoms with Crippen LogP contribution in [-0.2, 0) is 23.6 Å². The summed E-state index contributed by atoms with van der Waals surface area (Å²) in [6.45, 7) is 0. The molecule has 0 spiro atoms. The van der Waals surface area contributed by atoms with Crippen LogP contribution in [0.4, 0.5) is 0 Å². The third-order valence-corrected chi connectivity index (χ3v) is 11.8. The Labute approximate surface area is 280 Å². The van der Waals surface area contributed by atoms with Gasteiger partial charge in [-0.2, -0.15) is 29.4 Å². The number of hydrogen-bond acceptors (Lipinski definition) is 14. The molecule has 3 aromatic carbocycles. The Hall–Kier alpha value is -2.38. The largest absolute Gasteiger partial charge is 0.540 e. The lowest BCUT2D eigenvalue weighted by Crippen LogP contribution is -2.28. The monoisotopic (exact) mass is 749 g/mol. The second-order valence-corrected chi connectivity index (χ2v) is 17.4. The Kier molecular flexibility index (Phi) is 14.2. The SMILES string of the molecule is COc1ccc(/C=N/N(C)[P+](=S)Oc2ccc(/C=N/N(C)[P+](=S)Oc3ccc(C(N(C)C[P+](O)(O)O)[P+](O)(O)O)cc3)cc2)cc1. The quantitative estimate of drug-likeness (QED) is 0.0693. The van der Waals surface area contributed by atoms with E-state index in [1.807, 2.05) is 36.4 Å². The van der Waals surface area contributed by atoms with Crippen molar-refractivity contribution in [3.8, 4) is 17.2 Å². The van der Waals surface area contributed by atoms with E-state index in [1.54, 1.807) is 50.5 Å². The standard InChI is InChI=1S/C26H35N5O9P4S2/c1-29(19-43(32,33)34)26(44(35,36)37)22-9-15-25(16-10-22)40-42(46)31(3)28-18-21-7-13-24(14-8-21)39-41(45)30(2)27-17-20-5-11-23(38-4)12-6-20/h5-18,26,32-37H,19H2,1-4H3/q+4/b27-17+,28-18+. The summed E-state index contributed by atoms with van der Waals surface area (Å²) < 4.78 is 19.9. The first-order valence-electron chi connectivity index (χ1n) is 13.1. The van der Waals surface area contributed by atoms with Crippen LogP contribution >= 0.6 is 30.0 Å². The lowest BCUT2D eigenvalue weighted by molar-refractivity contribution is 0.226. The van der Waals surface area contributed by atoms with Crippen LogP contribution in [0.3, 0.4) is 0 Å². The van der Waals surface area contributed by atoms with E-state index < -0.39 is 42.1 Å². The summed E-state index contributed by atoms with van der Waals surface area (Å²) in [6, 6.07) is 20.6. The second-order valence-electron chi connectivity index (χ2n) is 9.62. The minimum Gasteiger partial charge on any atom is -0.497 e. The lowest BCUT2D eigenvalue weighted by atomic mass is 10.2. The molecule has 0 aromatic heterocycles. The van der Waals surface area contributed by atoms with Gasteiger partial charge >= 0.3 is 30.0 Å². The molecule has 0 aliphatic carbocycles. The molecule has 20 heteroatoms. The summed E-state index contributed by atoms with van der Waals surface area (Å²) in [7, 11) is -5.54. The summed E-state index contributed by atoms with van der Waals surface area (Å²) in [6.07, 6.45) is 2.62. The number of nitrogens with zero attached hydrogens (tertiary/aromatic N) is 5. The number of methoxy groups -OCH3 is 1. The molecule has 3 rings (SSSR count). The first-order chi connectivity index (χ1) is 21.6. The zero-order valence-corrected chi connectivity index (χ0v) is 30.3. The zero-order chi connectivity index (χ0) is 34.1. The number of hydrogen-bond donors (Lipinski definition) is 6. The van der Waals surface area contributed by atoms with E-state index in [4.69, 9.17) is 37.4 Å². The number of benzene rings is 3. The molecule has 3 unspecified atom stereocenters. The van der Waals surface area contributed by atoms with Crippen LogP contribution in [0.25, 0.3) is 0 Å². The smallest absolute Gasteiger partial charge is 0.497 e. The number of hydrazone groups is 2. The van der Waals surface area contributed by atoms with Crippen LogP contribution in [0.5, 0.6) is 17.2 Å². The molecule has 3 atom stereocenters. The number of rotatable bonds is 16. The molecule has 0 amide bonds. The highest BCUT2D eigenvalue weighted by molar-refractivity contribution is 8.02. The summed E-state index contributed by atoms with van der Waals surface area (Å²) in [5.41, 5.74) is 1.92. The van der Waals surface area contributed by atoms with E-state index in [-0.39, 0.29) is 5.56 Å². The van der Waals surface area contributed by atoms with E-state index in [9.17, 15) is 29.4 Å². The molecule has 46 heavy (non-hydrogen) atoms. The zero-order valence-electron chi connectivity index (χ0n) is 25.1. The lowest BCUT2D eigenvalue weighted by Gasteiger charge is -2.26. The minimum absolute atomic E-state index is 0.244. The van der Waals surface area contributed by atoms with E-state index in [2.05, 4.69) is 10.2 Å². The third kappa shape index (κ3) is 12.3. The van der Waals surface area contributed by atoms with Gasteiger partial charge in [0.25, 0.3) is 0 Å². The predicted molar refractivity (Wildman–Crippen MR) is 189 cm³/mol. The highest BCUT2D eigenvalue weighted by Gasteiger charge is 2.50. The fourth-order valence-corrected chi connectivity index (χ4v) is 7.74. The Morgan fingerprint density at radius 3 is 1.46 bits per heavy atom. The molecule has 246 valence electrons. The van der Waals surface area contributed by atoms with Crippen molar-refractivity contribution in [2.45, 2.75) is 5.78 Å². The van der Waals surface area contributed by atoms with Gasteiger partial charge in [0.15, 0.2) is 17.8 Å². The maximum Gasteiger partial charge on any atom is 0.540 e. The third-order valence-electron chi connectivity index (χ3n) is 5.92.